The van der Waals surface area contributed by atoms with Gasteiger partial charge < -0.3 is 15.2 Å². The third-order valence-electron chi connectivity index (χ3n) is 3.29. The molecule has 94 valence electrons. The summed E-state index contributed by atoms with van der Waals surface area (Å²) in [7, 11) is 1.43. The molecule has 1 aromatic carbocycles. The molecule has 0 bridgehead atoms. The average molecular weight is 304 g/mol. The second-order valence-electron chi connectivity index (χ2n) is 4.46. The Morgan fingerprint density at radius 1 is 1.59 bits per heavy atom. The van der Waals surface area contributed by atoms with Crippen LogP contribution in [0, 0.1) is 5.82 Å². The van der Waals surface area contributed by atoms with Gasteiger partial charge in [0.2, 0.25) is 0 Å². The molecule has 17 heavy (non-hydrogen) atoms. The van der Waals surface area contributed by atoms with Gasteiger partial charge in [0.1, 0.15) is 0 Å². The Labute approximate surface area is 108 Å². The van der Waals surface area contributed by atoms with Crippen LogP contribution in [0.1, 0.15) is 25.3 Å². The minimum atomic E-state index is -0.681. The zero-order valence-corrected chi connectivity index (χ0v) is 11.4. The number of methoxy groups -OCH3 is 1. The second kappa shape index (κ2) is 4.46. The monoisotopic (exact) mass is 303 g/mol. The minimum Gasteiger partial charge on any atom is -0.502 e. The summed E-state index contributed by atoms with van der Waals surface area (Å²) in [5.41, 5.74) is 0.478. The molecule has 1 unspecified atom stereocenters. The summed E-state index contributed by atoms with van der Waals surface area (Å²) < 4.78 is 19.2. The number of benzene rings is 1. The van der Waals surface area contributed by atoms with Gasteiger partial charge >= 0.3 is 0 Å². The highest BCUT2D eigenvalue weighted by Crippen LogP contribution is 2.46. The molecule has 1 fully saturated rings. The number of ether oxygens (including phenoxy) is 1. The summed E-state index contributed by atoms with van der Waals surface area (Å²) in [6.07, 6.45) is 1.97. The maximum Gasteiger partial charge on any atom is 0.194 e. The number of phenols is 1. The van der Waals surface area contributed by atoms with Gasteiger partial charge in [-0.1, -0.05) is 15.9 Å². The Kier molecular flexibility index (Phi) is 3.32. The van der Waals surface area contributed by atoms with Crippen molar-refractivity contribution in [3.63, 3.8) is 0 Å². The Bertz CT molecular complexity index is 445. The van der Waals surface area contributed by atoms with Crippen molar-refractivity contribution >= 4 is 15.9 Å². The molecule has 1 heterocycles. The summed E-state index contributed by atoms with van der Waals surface area (Å²) in [6.45, 7) is 2.93. The van der Waals surface area contributed by atoms with E-state index in [0.29, 0.717) is 4.47 Å². The number of halogens is 2. The standard InChI is InChI=1S/C12H15BrFNO2/c1-12(4-3-5-15-12)9-7(13)6-8(14)10(16)11(9)17-2/h6,15-16H,3-5H2,1-2H3. The summed E-state index contributed by atoms with van der Waals surface area (Å²) in [5.74, 6) is -0.909. The molecule has 0 amide bonds. The fourth-order valence-corrected chi connectivity index (χ4v) is 3.23. The third kappa shape index (κ3) is 2.02. The molecular weight excluding hydrogens is 289 g/mol. The average Bonchev–Trinajstić information content (AvgIpc) is 2.70. The Balaban J connectivity index is 2.63. The Hall–Kier alpha value is -0.810. The van der Waals surface area contributed by atoms with E-state index < -0.39 is 11.6 Å². The zero-order chi connectivity index (χ0) is 12.6. The predicted molar refractivity (Wildman–Crippen MR) is 66.9 cm³/mol. The molecule has 1 saturated heterocycles. The van der Waals surface area contributed by atoms with E-state index in [1.165, 1.54) is 13.2 Å². The van der Waals surface area contributed by atoms with Crippen molar-refractivity contribution in [3.05, 3.63) is 21.9 Å². The molecule has 5 heteroatoms. The fraction of sp³-hybridized carbons (Fsp3) is 0.500. The summed E-state index contributed by atoms with van der Waals surface area (Å²) in [4.78, 5) is 0. The van der Waals surface area contributed by atoms with Crippen molar-refractivity contribution in [1.82, 2.24) is 5.32 Å². The number of rotatable bonds is 2. The first-order valence-electron chi connectivity index (χ1n) is 5.50. The first kappa shape index (κ1) is 12.6. The van der Waals surface area contributed by atoms with Gasteiger partial charge in [0.05, 0.1) is 7.11 Å². The summed E-state index contributed by atoms with van der Waals surface area (Å²) in [5, 5.41) is 13.1. The minimum absolute atomic E-state index is 0.203. The van der Waals surface area contributed by atoms with Gasteiger partial charge in [-0.05, 0) is 32.4 Å². The lowest BCUT2D eigenvalue weighted by molar-refractivity contribution is 0.332. The van der Waals surface area contributed by atoms with E-state index >= 15 is 0 Å². The molecule has 1 aliphatic rings. The normalized spacial score (nSPS) is 24.0. The van der Waals surface area contributed by atoms with Crippen LogP contribution in [0.5, 0.6) is 11.5 Å². The Morgan fingerprint density at radius 2 is 2.29 bits per heavy atom. The molecule has 0 spiro atoms. The van der Waals surface area contributed by atoms with Crippen molar-refractivity contribution in [2.45, 2.75) is 25.3 Å². The van der Waals surface area contributed by atoms with Crippen molar-refractivity contribution in [2.24, 2.45) is 0 Å². The molecule has 0 radical (unpaired) electrons. The van der Waals surface area contributed by atoms with E-state index in [2.05, 4.69) is 21.2 Å². The lowest BCUT2D eigenvalue weighted by atomic mass is 9.89. The van der Waals surface area contributed by atoms with E-state index in [-0.39, 0.29) is 11.3 Å². The smallest absolute Gasteiger partial charge is 0.194 e. The van der Waals surface area contributed by atoms with Gasteiger partial charge in [-0.3, -0.25) is 0 Å². The first-order valence-corrected chi connectivity index (χ1v) is 6.29. The SMILES string of the molecule is COc1c(O)c(F)cc(Br)c1C1(C)CCCN1. The van der Waals surface area contributed by atoms with Crippen LogP contribution in [0.3, 0.4) is 0 Å². The lowest BCUT2D eigenvalue weighted by Gasteiger charge is -2.28. The maximum absolute atomic E-state index is 13.4. The molecule has 0 aliphatic carbocycles. The number of phenolic OH excluding ortho intramolecular Hbond substituents is 1. The van der Waals surface area contributed by atoms with E-state index in [1.54, 1.807) is 0 Å². The topological polar surface area (TPSA) is 41.5 Å². The van der Waals surface area contributed by atoms with Crippen LogP contribution in [-0.2, 0) is 5.54 Å². The van der Waals surface area contributed by atoms with Gasteiger partial charge in [0.25, 0.3) is 0 Å². The van der Waals surface area contributed by atoms with Crippen LogP contribution in [0.15, 0.2) is 10.5 Å². The van der Waals surface area contributed by atoms with E-state index in [4.69, 9.17) is 4.74 Å². The molecule has 1 aromatic rings. The van der Waals surface area contributed by atoms with Gasteiger partial charge in [-0.2, -0.15) is 0 Å². The van der Waals surface area contributed by atoms with E-state index in [1.807, 2.05) is 6.92 Å². The van der Waals surface area contributed by atoms with Crippen molar-refractivity contribution in [3.8, 4) is 11.5 Å². The molecule has 3 nitrogen and oxygen atoms in total. The molecule has 0 saturated carbocycles. The zero-order valence-electron chi connectivity index (χ0n) is 9.81. The predicted octanol–water partition coefficient (Wildman–Crippen LogP) is 2.90. The van der Waals surface area contributed by atoms with Crippen molar-refractivity contribution in [2.75, 3.05) is 13.7 Å². The van der Waals surface area contributed by atoms with Crippen LogP contribution in [-0.4, -0.2) is 18.8 Å². The first-order chi connectivity index (χ1) is 7.99. The van der Waals surface area contributed by atoms with E-state index in [0.717, 1.165) is 24.9 Å². The Morgan fingerprint density at radius 3 is 2.82 bits per heavy atom. The van der Waals surface area contributed by atoms with Crippen LogP contribution in [0.4, 0.5) is 4.39 Å². The quantitative estimate of drug-likeness (QED) is 0.883. The van der Waals surface area contributed by atoms with Gasteiger partial charge in [-0.25, -0.2) is 4.39 Å². The highest BCUT2D eigenvalue weighted by molar-refractivity contribution is 9.10. The van der Waals surface area contributed by atoms with Gasteiger partial charge in [-0.15, -0.1) is 0 Å². The fourth-order valence-electron chi connectivity index (χ4n) is 2.41. The van der Waals surface area contributed by atoms with Crippen LogP contribution in [0.25, 0.3) is 0 Å². The maximum atomic E-state index is 13.4. The molecule has 1 atom stereocenters. The van der Waals surface area contributed by atoms with Crippen LogP contribution >= 0.6 is 15.9 Å². The molecule has 2 rings (SSSR count). The lowest BCUT2D eigenvalue weighted by Crippen LogP contribution is -2.34. The number of hydrogen-bond donors (Lipinski definition) is 2. The number of aromatic hydroxyl groups is 1. The number of hydrogen-bond acceptors (Lipinski definition) is 3. The highest BCUT2D eigenvalue weighted by Gasteiger charge is 2.36. The molecule has 0 aromatic heterocycles. The molecular formula is C12H15BrFNO2. The van der Waals surface area contributed by atoms with Crippen molar-refractivity contribution < 1.29 is 14.2 Å². The van der Waals surface area contributed by atoms with Gasteiger partial charge in [0, 0.05) is 15.6 Å². The highest BCUT2D eigenvalue weighted by atomic mass is 79.9. The summed E-state index contributed by atoms with van der Waals surface area (Å²) in [6, 6.07) is 1.28. The van der Waals surface area contributed by atoms with Gasteiger partial charge in [0.15, 0.2) is 17.3 Å². The van der Waals surface area contributed by atoms with Crippen LogP contribution in [0.2, 0.25) is 0 Å². The second-order valence-corrected chi connectivity index (χ2v) is 5.31. The van der Waals surface area contributed by atoms with E-state index in [9.17, 15) is 9.50 Å². The largest absolute Gasteiger partial charge is 0.502 e. The summed E-state index contributed by atoms with van der Waals surface area (Å²) >= 11 is 3.35. The van der Waals surface area contributed by atoms with Crippen LogP contribution < -0.4 is 10.1 Å². The third-order valence-corrected chi connectivity index (χ3v) is 3.91. The molecule has 1 aliphatic heterocycles. The van der Waals surface area contributed by atoms with Crippen molar-refractivity contribution in [1.29, 1.82) is 0 Å². The number of nitrogens with one attached hydrogen (secondary N) is 1. The molecule has 2 N–H and O–H groups in total.